The van der Waals surface area contributed by atoms with E-state index in [9.17, 15) is 4.79 Å². The van der Waals surface area contributed by atoms with Gasteiger partial charge < -0.3 is 4.90 Å². The van der Waals surface area contributed by atoms with Crippen molar-refractivity contribution in [1.29, 1.82) is 0 Å². The third-order valence-corrected chi connectivity index (χ3v) is 2.49. The van der Waals surface area contributed by atoms with Crippen molar-refractivity contribution in [2.24, 2.45) is 0 Å². The molecule has 0 aromatic heterocycles. The molecule has 0 aromatic rings. The Kier molecular flexibility index (Phi) is 2.60. The number of carbonyl (C=O) groups excluding carboxylic acids is 1. The normalized spacial score (nSPS) is 19.4. The number of rotatable bonds is 1. The maximum atomic E-state index is 10.7. The third kappa shape index (κ3) is 1.66. The second-order valence-corrected chi connectivity index (χ2v) is 3.21. The molecule has 1 aliphatic carbocycles. The zero-order valence-electron chi connectivity index (χ0n) is 6.21. The molecule has 1 rings (SSSR count). The predicted octanol–water partition coefficient (Wildman–Crippen LogP) is 1.91. The van der Waals surface area contributed by atoms with Gasteiger partial charge in [0, 0.05) is 13.1 Å². The average Bonchev–Trinajstić information content (AvgIpc) is 2.36. The maximum Gasteiger partial charge on any atom is 0.278 e. The predicted molar refractivity (Wildman–Crippen MR) is 44.4 cm³/mol. The molecule has 0 aliphatic heterocycles. The van der Waals surface area contributed by atoms with E-state index in [-0.39, 0.29) is 5.24 Å². The van der Waals surface area contributed by atoms with Crippen LogP contribution in [-0.4, -0.2) is 23.2 Å². The lowest BCUT2D eigenvalue weighted by Crippen LogP contribution is -2.31. The van der Waals surface area contributed by atoms with Gasteiger partial charge in [-0.05, 0) is 12.8 Å². The smallest absolute Gasteiger partial charge is 0.278 e. The van der Waals surface area contributed by atoms with Gasteiger partial charge in [-0.2, -0.15) is 0 Å². The van der Waals surface area contributed by atoms with Crippen LogP contribution < -0.4 is 0 Å². The summed E-state index contributed by atoms with van der Waals surface area (Å²) in [6.07, 6.45) is 4.83. The summed E-state index contributed by atoms with van der Waals surface area (Å²) in [4.78, 5) is 12.5. The molecule has 0 N–H and O–H groups in total. The molecule has 0 aromatic carbocycles. The molecule has 10 heavy (non-hydrogen) atoms. The first-order chi connectivity index (χ1) is 4.72. The standard InChI is InChI=1S/C7H13NOS/c1-8(7(9)10)6-4-2-3-5-6/h6H,2-5H2,1H3,(H,9,10). The number of carbonyl (C=O) groups is 1. The number of hydrogen-bond donors (Lipinski definition) is 1. The Morgan fingerprint density at radius 3 is 2.40 bits per heavy atom. The van der Waals surface area contributed by atoms with Gasteiger partial charge >= 0.3 is 0 Å². The first-order valence-corrected chi connectivity index (χ1v) is 4.12. The molecule has 1 aliphatic rings. The van der Waals surface area contributed by atoms with Gasteiger partial charge in [0.2, 0.25) is 0 Å². The molecule has 58 valence electrons. The van der Waals surface area contributed by atoms with E-state index in [1.54, 1.807) is 4.90 Å². The van der Waals surface area contributed by atoms with E-state index >= 15 is 0 Å². The fourth-order valence-corrected chi connectivity index (χ4v) is 1.61. The molecule has 0 unspecified atom stereocenters. The van der Waals surface area contributed by atoms with E-state index in [2.05, 4.69) is 12.6 Å². The van der Waals surface area contributed by atoms with Gasteiger partial charge in [0.25, 0.3) is 5.24 Å². The van der Waals surface area contributed by atoms with Crippen molar-refractivity contribution in [3.8, 4) is 0 Å². The van der Waals surface area contributed by atoms with Crippen LogP contribution in [0.4, 0.5) is 4.79 Å². The van der Waals surface area contributed by atoms with E-state index in [0.717, 1.165) is 12.8 Å². The van der Waals surface area contributed by atoms with Crippen LogP contribution in [0.2, 0.25) is 0 Å². The first kappa shape index (κ1) is 7.92. The Morgan fingerprint density at radius 1 is 1.50 bits per heavy atom. The lowest BCUT2D eigenvalue weighted by Gasteiger charge is -2.21. The van der Waals surface area contributed by atoms with Gasteiger partial charge in [-0.3, -0.25) is 4.79 Å². The highest BCUT2D eigenvalue weighted by molar-refractivity contribution is 7.96. The molecule has 0 bridgehead atoms. The molecule has 1 fully saturated rings. The van der Waals surface area contributed by atoms with Crippen molar-refractivity contribution in [1.82, 2.24) is 4.90 Å². The molecule has 0 saturated heterocycles. The highest BCUT2D eigenvalue weighted by Gasteiger charge is 2.20. The summed E-state index contributed by atoms with van der Waals surface area (Å²) in [5.74, 6) is 0. The molecule has 0 atom stereocenters. The Balaban J connectivity index is 2.39. The van der Waals surface area contributed by atoms with Gasteiger partial charge in [-0.1, -0.05) is 25.5 Å². The van der Waals surface area contributed by atoms with Crippen LogP contribution in [0.5, 0.6) is 0 Å². The van der Waals surface area contributed by atoms with Crippen LogP contribution in [0, 0.1) is 0 Å². The molecule has 0 heterocycles. The third-order valence-electron chi connectivity index (χ3n) is 2.17. The van der Waals surface area contributed by atoms with E-state index in [1.165, 1.54) is 12.8 Å². The Labute approximate surface area is 67.0 Å². The van der Waals surface area contributed by atoms with Crippen LogP contribution in [0.25, 0.3) is 0 Å². The van der Waals surface area contributed by atoms with E-state index < -0.39 is 0 Å². The van der Waals surface area contributed by atoms with Crippen LogP contribution in [-0.2, 0) is 0 Å². The first-order valence-electron chi connectivity index (χ1n) is 3.67. The highest BCUT2D eigenvalue weighted by atomic mass is 32.1. The highest BCUT2D eigenvalue weighted by Crippen LogP contribution is 2.22. The quantitative estimate of drug-likeness (QED) is 0.579. The van der Waals surface area contributed by atoms with Crippen molar-refractivity contribution < 1.29 is 4.79 Å². The topological polar surface area (TPSA) is 20.3 Å². The molecule has 1 amide bonds. The van der Waals surface area contributed by atoms with Crippen molar-refractivity contribution in [2.45, 2.75) is 31.7 Å². The second kappa shape index (κ2) is 3.28. The number of amides is 1. The zero-order chi connectivity index (χ0) is 7.56. The summed E-state index contributed by atoms with van der Waals surface area (Å²) in [6.45, 7) is 0. The molecular formula is C7H13NOS. The largest absolute Gasteiger partial charge is 0.334 e. The Hall–Kier alpha value is -0.180. The lowest BCUT2D eigenvalue weighted by atomic mass is 10.2. The van der Waals surface area contributed by atoms with Gasteiger partial charge in [0.1, 0.15) is 0 Å². The molecule has 2 nitrogen and oxygen atoms in total. The molecule has 0 spiro atoms. The number of hydrogen-bond acceptors (Lipinski definition) is 1. The SMILES string of the molecule is CN(C(=O)S)C1CCCC1. The van der Waals surface area contributed by atoms with Gasteiger partial charge in [-0.25, -0.2) is 0 Å². The van der Waals surface area contributed by atoms with E-state index in [1.807, 2.05) is 7.05 Å². The summed E-state index contributed by atoms with van der Waals surface area (Å²) in [6, 6.07) is 0.463. The van der Waals surface area contributed by atoms with Gasteiger partial charge in [0.05, 0.1) is 0 Å². The minimum absolute atomic E-state index is 0.105. The van der Waals surface area contributed by atoms with E-state index in [4.69, 9.17) is 0 Å². The number of nitrogens with zero attached hydrogens (tertiary/aromatic N) is 1. The average molecular weight is 159 g/mol. The number of thiol groups is 1. The summed E-state index contributed by atoms with van der Waals surface area (Å²) in [5, 5.41) is -0.105. The van der Waals surface area contributed by atoms with Crippen molar-refractivity contribution in [2.75, 3.05) is 7.05 Å². The molecule has 3 heteroatoms. The van der Waals surface area contributed by atoms with Crippen molar-refractivity contribution >= 4 is 17.9 Å². The van der Waals surface area contributed by atoms with Crippen LogP contribution in [0.3, 0.4) is 0 Å². The monoisotopic (exact) mass is 159 g/mol. The molecule has 1 saturated carbocycles. The minimum Gasteiger partial charge on any atom is -0.334 e. The summed E-state index contributed by atoms with van der Waals surface area (Å²) < 4.78 is 0. The van der Waals surface area contributed by atoms with E-state index in [0.29, 0.717) is 6.04 Å². The van der Waals surface area contributed by atoms with Crippen molar-refractivity contribution in [3.63, 3.8) is 0 Å². The Morgan fingerprint density at radius 2 is 2.00 bits per heavy atom. The molecular weight excluding hydrogens is 146 g/mol. The van der Waals surface area contributed by atoms with Crippen LogP contribution in [0.15, 0.2) is 0 Å². The van der Waals surface area contributed by atoms with Crippen LogP contribution in [0.1, 0.15) is 25.7 Å². The second-order valence-electron chi connectivity index (χ2n) is 2.83. The lowest BCUT2D eigenvalue weighted by molar-refractivity contribution is 0.216. The summed E-state index contributed by atoms with van der Waals surface area (Å²) >= 11 is 3.76. The zero-order valence-corrected chi connectivity index (χ0v) is 7.10. The maximum absolute atomic E-state index is 10.7. The summed E-state index contributed by atoms with van der Waals surface area (Å²) in [5.41, 5.74) is 0. The van der Waals surface area contributed by atoms with Gasteiger partial charge in [0.15, 0.2) is 0 Å². The fourth-order valence-electron chi connectivity index (χ4n) is 1.45. The summed E-state index contributed by atoms with van der Waals surface area (Å²) in [7, 11) is 1.82. The van der Waals surface area contributed by atoms with Crippen molar-refractivity contribution in [3.05, 3.63) is 0 Å². The molecule has 0 radical (unpaired) electrons. The Bertz CT molecular complexity index is 132. The van der Waals surface area contributed by atoms with Crippen LogP contribution >= 0.6 is 12.6 Å². The fraction of sp³-hybridized carbons (Fsp3) is 0.857. The minimum atomic E-state index is -0.105. The van der Waals surface area contributed by atoms with Gasteiger partial charge in [-0.15, -0.1) is 0 Å².